The van der Waals surface area contributed by atoms with Crippen molar-refractivity contribution in [2.75, 3.05) is 13.1 Å². The fourth-order valence-corrected chi connectivity index (χ4v) is 2.84. The highest BCUT2D eigenvalue weighted by molar-refractivity contribution is 5.25. The average molecular weight is 276 g/mol. The first-order chi connectivity index (χ1) is 9.49. The van der Waals surface area contributed by atoms with Gasteiger partial charge in [0, 0.05) is 12.6 Å². The third-order valence-corrected chi connectivity index (χ3v) is 4.34. The highest BCUT2D eigenvalue weighted by atomic mass is 14.9. The van der Waals surface area contributed by atoms with Crippen LogP contribution in [0.2, 0.25) is 0 Å². The van der Waals surface area contributed by atoms with E-state index in [2.05, 4.69) is 64.2 Å². The Labute approximate surface area is 125 Å². The summed E-state index contributed by atoms with van der Waals surface area (Å²) in [6, 6.07) is 9.11. The zero-order chi connectivity index (χ0) is 15.1. The Bertz CT molecular complexity index is 360. The van der Waals surface area contributed by atoms with Crippen molar-refractivity contribution in [3.63, 3.8) is 0 Å². The molecule has 1 aromatic carbocycles. The molecule has 0 heterocycles. The molecule has 3 N–H and O–H groups in total. The maximum absolute atomic E-state index is 5.95. The molecule has 0 amide bonds. The monoisotopic (exact) mass is 276 g/mol. The molecule has 0 spiro atoms. The predicted molar refractivity (Wildman–Crippen MR) is 88.8 cm³/mol. The van der Waals surface area contributed by atoms with Crippen LogP contribution >= 0.6 is 0 Å². The zero-order valence-electron chi connectivity index (χ0n) is 13.8. The normalized spacial score (nSPS) is 13.4. The van der Waals surface area contributed by atoms with E-state index < -0.39 is 0 Å². The van der Waals surface area contributed by atoms with Crippen molar-refractivity contribution in [1.29, 1.82) is 0 Å². The Morgan fingerprint density at radius 1 is 1.00 bits per heavy atom. The second-order valence-electron chi connectivity index (χ2n) is 6.44. The van der Waals surface area contributed by atoms with Crippen molar-refractivity contribution in [2.45, 2.75) is 47.1 Å². The standard InChI is InChI=1S/C18H32N2/c1-6-15-7-9-16(10-8-15)18(11-19)20-12-17(13(2)3)14(4)5/h7-10,13-14,17-18,20H,6,11-12,19H2,1-5H3. The lowest BCUT2D eigenvalue weighted by Gasteiger charge is -2.28. The topological polar surface area (TPSA) is 38.0 Å². The van der Waals surface area contributed by atoms with Gasteiger partial charge in [-0.15, -0.1) is 0 Å². The van der Waals surface area contributed by atoms with E-state index in [1.807, 2.05) is 0 Å². The number of benzene rings is 1. The summed E-state index contributed by atoms with van der Waals surface area (Å²) in [7, 11) is 0. The number of nitrogens with one attached hydrogen (secondary N) is 1. The van der Waals surface area contributed by atoms with Crippen molar-refractivity contribution in [1.82, 2.24) is 5.32 Å². The molecular formula is C18H32N2. The minimum absolute atomic E-state index is 0.265. The van der Waals surface area contributed by atoms with E-state index in [0.29, 0.717) is 24.3 Å². The SMILES string of the molecule is CCc1ccc(C(CN)NCC(C(C)C)C(C)C)cc1. The Morgan fingerprint density at radius 2 is 1.55 bits per heavy atom. The number of rotatable bonds is 8. The molecule has 0 bridgehead atoms. The summed E-state index contributed by atoms with van der Waals surface area (Å²) in [6.45, 7) is 13.1. The van der Waals surface area contributed by atoms with E-state index in [-0.39, 0.29) is 6.04 Å². The van der Waals surface area contributed by atoms with Crippen molar-refractivity contribution in [3.05, 3.63) is 35.4 Å². The molecule has 0 saturated heterocycles. The Kier molecular flexibility index (Phi) is 7.25. The summed E-state index contributed by atoms with van der Waals surface area (Å²) < 4.78 is 0. The summed E-state index contributed by atoms with van der Waals surface area (Å²) in [5.74, 6) is 2.09. The van der Waals surface area contributed by atoms with Gasteiger partial charge in [0.2, 0.25) is 0 Å². The molecule has 0 aliphatic carbocycles. The van der Waals surface area contributed by atoms with Gasteiger partial charge in [-0.25, -0.2) is 0 Å². The lowest BCUT2D eigenvalue weighted by atomic mass is 9.85. The van der Waals surface area contributed by atoms with Gasteiger partial charge in [-0.05, 0) is 41.8 Å². The summed E-state index contributed by atoms with van der Waals surface area (Å²) in [6.07, 6.45) is 1.09. The molecule has 114 valence electrons. The van der Waals surface area contributed by atoms with Crippen molar-refractivity contribution < 1.29 is 0 Å². The molecule has 2 heteroatoms. The van der Waals surface area contributed by atoms with Gasteiger partial charge in [0.05, 0.1) is 0 Å². The number of nitrogens with two attached hydrogens (primary N) is 1. The number of hydrogen-bond acceptors (Lipinski definition) is 2. The van der Waals surface area contributed by atoms with E-state index in [1.165, 1.54) is 11.1 Å². The highest BCUT2D eigenvalue weighted by Gasteiger charge is 2.19. The molecule has 0 radical (unpaired) electrons. The van der Waals surface area contributed by atoms with Crippen LogP contribution < -0.4 is 11.1 Å². The first-order valence-corrected chi connectivity index (χ1v) is 8.01. The van der Waals surface area contributed by atoms with E-state index in [0.717, 1.165) is 13.0 Å². The Morgan fingerprint density at radius 3 is 1.95 bits per heavy atom. The maximum atomic E-state index is 5.95. The van der Waals surface area contributed by atoms with E-state index in [9.17, 15) is 0 Å². The fraction of sp³-hybridized carbons (Fsp3) is 0.667. The number of hydrogen-bond donors (Lipinski definition) is 2. The van der Waals surface area contributed by atoms with Crippen LogP contribution in [-0.2, 0) is 6.42 Å². The Hall–Kier alpha value is -0.860. The molecule has 0 aliphatic heterocycles. The van der Waals surface area contributed by atoms with Gasteiger partial charge < -0.3 is 11.1 Å². The largest absolute Gasteiger partial charge is 0.329 e. The lowest BCUT2D eigenvalue weighted by Crippen LogP contribution is -2.35. The molecule has 0 saturated carbocycles. The van der Waals surface area contributed by atoms with Gasteiger partial charge in [-0.1, -0.05) is 58.9 Å². The molecular weight excluding hydrogens is 244 g/mol. The van der Waals surface area contributed by atoms with Crippen LogP contribution in [0.5, 0.6) is 0 Å². The fourth-order valence-electron chi connectivity index (χ4n) is 2.84. The van der Waals surface area contributed by atoms with Crippen molar-refractivity contribution in [3.8, 4) is 0 Å². The van der Waals surface area contributed by atoms with Gasteiger partial charge in [-0.3, -0.25) is 0 Å². The quantitative estimate of drug-likeness (QED) is 0.758. The van der Waals surface area contributed by atoms with Crippen molar-refractivity contribution >= 4 is 0 Å². The summed E-state index contributed by atoms with van der Waals surface area (Å²) in [5.41, 5.74) is 8.63. The molecule has 0 aliphatic rings. The van der Waals surface area contributed by atoms with Crippen molar-refractivity contribution in [2.24, 2.45) is 23.5 Å². The first-order valence-electron chi connectivity index (χ1n) is 8.01. The molecule has 1 aromatic rings. The summed E-state index contributed by atoms with van der Waals surface area (Å²) >= 11 is 0. The van der Waals surface area contributed by atoms with Gasteiger partial charge in [0.1, 0.15) is 0 Å². The highest BCUT2D eigenvalue weighted by Crippen LogP contribution is 2.21. The lowest BCUT2D eigenvalue weighted by molar-refractivity contribution is 0.266. The van der Waals surface area contributed by atoms with E-state index in [4.69, 9.17) is 5.73 Å². The van der Waals surface area contributed by atoms with Gasteiger partial charge in [0.15, 0.2) is 0 Å². The van der Waals surface area contributed by atoms with Gasteiger partial charge in [0.25, 0.3) is 0 Å². The first kappa shape index (κ1) is 17.2. The molecule has 2 nitrogen and oxygen atoms in total. The predicted octanol–water partition coefficient (Wildman–Crippen LogP) is 3.77. The van der Waals surface area contributed by atoms with Crippen LogP contribution in [0.1, 0.15) is 51.8 Å². The third kappa shape index (κ3) is 4.92. The van der Waals surface area contributed by atoms with E-state index >= 15 is 0 Å². The Balaban J connectivity index is 2.66. The van der Waals surface area contributed by atoms with Crippen LogP contribution in [0.25, 0.3) is 0 Å². The van der Waals surface area contributed by atoms with Crippen LogP contribution in [0.15, 0.2) is 24.3 Å². The molecule has 1 atom stereocenters. The average Bonchev–Trinajstić information content (AvgIpc) is 2.43. The van der Waals surface area contributed by atoms with Crippen LogP contribution in [-0.4, -0.2) is 13.1 Å². The summed E-state index contributed by atoms with van der Waals surface area (Å²) in [5, 5.41) is 3.66. The molecule has 0 aromatic heterocycles. The minimum atomic E-state index is 0.265. The number of aryl methyl sites for hydroxylation is 1. The second-order valence-corrected chi connectivity index (χ2v) is 6.44. The maximum Gasteiger partial charge on any atom is 0.0444 e. The van der Waals surface area contributed by atoms with E-state index in [1.54, 1.807) is 0 Å². The van der Waals surface area contributed by atoms with Crippen LogP contribution in [0.3, 0.4) is 0 Å². The molecule has 1 unspecified atom stereocenters. The molecule has 20 heavy (non-hydrogen) atoms. The van der Waals surface area contributed by atoms with Crippen LogP contribution in [0, 0.1) is 17.8 Å². The zero-order valence-corrected chi connectivity index (χ0v) is 13.8. The molecule has 1 rings (SSSR count). The van der Waals surface area contributed by atoms with Gasteiger partial charge >= 0.3 is 0 Å². The third-order valence-electron chi connectivity index (χ3n) is 4.34. The summed E-state index contributed by atoms with van der Waals surface area (Å²) in [4.78, 5) is 0. The smallest absolute Gasteiger partial charge is 0.0444 e. The minimum Gasteiger partial charge on any atom is -0.329 e. The second kappa shape index (κ2) is 8.43. The van der Waals surface area contributed by atoms with Gasteiger partial charge in [-0.2, -0.15) is 0 Å². The molecule has 0 fully saturated rings. The van der Waals surface area contributed by atoms with Crippen LogP contribution in [0.4, 0.5) is 0 Å².